The molecule has 1 saturated heterocycles. The van der Waals surface area contributed by atoms with Crippen LogP contribution in [-0.4, -0.2) is 29.7 Å². The van der Waals surface area contributed by atoms with Gasteiger partial charge in [-0.2, -0.15) is 0 Å². The largest absolute Gasteiger partial charge is 0.376 e. The van der Waals surface area contributed by atoms with Gasteiger partial charge in [-0.25, -0.2) is 0 Å². The molecular formula is C19H26N2O2. The minimum absolute atomic E-state index is 0.00842. The fraction of sp³-hybridized carbons (Fsp3) is 0.526. The molecule has 4 heteroatoms. The number of benzene rings is 1. The summed E-state index contributed by atoms with van der Waals surface area (Å²) in [4.78, 5) is 12.7. The minimum Gasteiger partial charge on any atom is -0.376 e. The number of fused-ring (bicyclic) bond motifs is 1. The Kier molecular flexibility index (Phi) is 4.71. The lowest BCUT2D eigenvalue weighted by atomic mass is 10.1. The number of nitrogens with one attached hydrogen (secondary N) is 1. The molecule has 1 amide bonds. The van der Waals surface area contributed by atoms with Crippen LogP contribution in [0, 0.1) is 6.92 Å². The molecule has 0 aliphatic carbocycles. The van der Waals surface area contributed by atoms with E-state index in [2.05, 4.69) is 48.9 Å². The predicted molar refractivity (Wildman–Crippen MR) is 93.0 cm³/mol. The third kappa shape index (κ3) is 3.00. The number of carbonyl (C=O) groups excluding carboxylic acids is 1. The Hall–Kier alpha value is -1.81. The van der Waals surface area contributed by atoms with Crippen molar-refractivity contribution in [3.8, 4) is 0 Å². The van der Waals surface area contributed by atoms with Crippen LogP contribution in [0.1, 0.15) is 48.3 Å². The van der Waals surface area contributed by atoms with Gasteiger partial charge in [-0.15, -0.1) is 0 Å². The van der Waals surface area contributed by atoms with Gasteiger partial charge in [0.05, 0.1) is 6.10 Å². The second kappa shape index (κ2) is 6.75. The number of aryl methyl sites for hydroxylation is 3. The highest BCUT2D eigenvalue weighted by atomic mass is 16.5. The van der Waals surface area contributed by atoms with E-state index in [9.17, 15) is 4.79 Å². The van der Waals surface area contributed by atoms with Crippen LogP contribution in [0.25, 0.3) is 10.9 Å². The Bertz CT molecular complexity index is 712. The van der Waals surface area contributed by atoms with E-state index in [1.165, 1.54) is 10.9 Å². The summed E-state index contributed by atoms with van der Waals surface area (Å²) in [5.74, 6) is 0.00842. The fourth-order valence-corrected chi connectivity index (χ4v) is 3.51. The van der Waals surface area contributed by atoms with E-state index in [4.69, 9.17) is 4.74 Å². The molecule has 1 atom stereocenters. The van der Waals surface area contributed by atoms with Crippen molar-refractivity contribution < 1.29 is 9.53 Å². The van der Waals surface area contributed by atoms with E-state index in [0.717, 1.165) is 49.2 Å². The molecule has 124 valence electrons. The zero-order chi connectivity index (χ0) is 16.4. The van der Waals surface area contributed by atoms with E-state index in [-0.39, 0.29) is 12.0 Å². The molecule has 1 N–H and O–H groups in total. The Morgan fingerprint density at radius 1 is 1.39 bits per heavy atom. The fourth-order valence-electron chi connectivity index (χ4n) is 3.51. The van der Waals surface area contributed by atoms with E-state index in [0.29, 0.717) is 6.54 Å². The first kappa shape index (κ1) is 16.1. The van der Waals surface area contributed by atoms with Crippen molar-refractivity contribution in [3.05, 3.63) is 35.0 Å². The molecule has 0 spiro atoms. The molecule has 3 rings (SSSR count). The van der Waals surface area contributed by atoms with Gasteiger partial charge in [0.2, 0.25) is 0 Å². The molecule has 4 nitrogen and oxygen atoms in total. The lowest BCUT2D eigenvalue weighted by molar-refractivity contribution is 0.0850. The summed E-state index contributed by atoms with van der Waals surface area (Å²) in [5, 5.41) is 4.25. The van der Waals surface area contributed by atoms with Crippen molar-refractivity contribution in [2.24, 2.45) is 0 Å². The van der Waals surface area contributed by atoms with Crippen LogP contribution in [0.15, 0.2) is 18.2 Å². The van der Waals surface area contributed by atoms with Crippen LogP contribution >= 0.6 is 0 Å². The van der Waals surface area contributed by atoms with Crippen molar-refractivity contribution >= 4 is 16.8 Å². The zero-order valence-corrected chi connectivity index (χ0v) is 14.3. The van der Waals surface area contributed by atoms with Crippen LogP contribution in [0.5, 0.6) is 0 Å². The molecule has 2 heterocycles. The van der Waals surface area contributed by atoms with Crippen molar-refractivity contribution in [2.45, 2.75) is 52.7 Å². The van der Waals surface area contributed by atoms with Crippen LogP contribution in [0.4, 0.5) is 0 Å². The molecule has 0 radical (unpaired) electrons. The third-order valence-corrected chi connectivity index (χ3v) is 4.83. The quantitative estimate of drug-likeness (QED) is 0.918. The number of aromatic nitrogens is 1. The van der Waals surface area contributed by atoms with Gasteiger partial charge in [-0.3, -0.25) is 4.79 Å². The first-order valence-corrected chi connectivity index (χ1v) is 8.67. The topological polar surface area (TPSA) is 43.3 Å². The van der Waals surface area contributed by atoms with Gasteiger partial charge in [-0.1, -0.05) is 13.0 Å². The molecule has 1 aliphatic rings. The minimum atomic E-state index is 0.00842. The Labute approximate surface area is 137 Å². The van der Waals surface area contributed by atoms with Crippen LogP contribution < -0.4 is 5.32 Å². The number of hydrogen-bond acceptors (Lipinski definition) is 2. The van der Waals surface area contributed by atoms with Crippen molar-refractivity contribution in [1.82, 2.24) is 9.88 Å². The van der Waals surface area contributed by atoms with Gasteiger partial charge in [0.1, 0.15) is 5.69 Å². The summed E-state index contributed by atoms with van der Waals surface area (Å²) in [5.41, 5.74) is 4.31. The van der Waals surface area contributed by atoms with E-state index in [1.807, 2.05) is 0 Å². The highest BCUT2D eigenvalue weighted by Gasteiger charge is 2.22. The van der Waals surface area contributed by atoms with Crippen LogP contribution in [0.2, 0.25) is 0 Å². The molecule has 23 heavy (non-hydrogen) atoms. The maximum Gasteiger partial charge on any atom is 0.268 e. The number of rotatable bonds is 5. The summed E-state index contributed by atoms with van der Waals surface area (Å²) < 4.78 is 7.71. The predicted octanol–water partition coefficient (Wildman–Crippen LogP) is 3.44. The maximum absolute atomic E-state index is 12.7. The zero-order valence-electron chi connectivity index (χ0n) is 14.3. The van der Waals surface area contributed by atoms with Gasteiger partial charge in [0.15, 0.2) is 0 Å². The molecule has 1 aromatic heterocycles. The van der Waals surface area contributed by atoms with Crippen LogP contribution in [0.3, 0.4) is 0 Å². The number of ether oxygens (including phenoxy) is 1. The second-order valence-electron chi connectivity index (χ2n) is 6.27. The normalized spacial score (nSPS) is 17.8. The molecule has 0 bridgehead atoms. The standard InChI is InChI=1S/C19H26N2O2/c1-4-14-8-9-17-16(11-14)13(3)18(21(17)5-2)19(22)20-12-15-7-6-10-23-15/h8-9,11,15H,4-7,10,12H2,1-3H3,(H,20,22). The van der Waals surface area contributed by atoms with E-state index < -0.39 is 0 Å². The SMILES string of the molecule is CCc1ccc2c(c1)c(C)c(C(=O)NCC1CCCO1)n2CC. The molecule has 2 aromatic rings. The number of nitrogens with zero attached hydrogens (tertiary/aromatic N) is 1. The number of amides is 1. The first-order chi connectivity index (χ1) is 11.2. The van der Waals surface area contributed by atoms with Gasteiger partial charge >= 0.3 is 0 Å². The van der Waals surface area contributed by atoms with Crippen molar-refractivity contribution in [2.75, 3.05) is 13.2 Å². The van der Waals surface area contributed by atoms with Crippen LogP contribution in [-0.2, 0) is 17.7 Å². The summed E-state index contributed by atoms with van der Waals surface area (Å²) in [6, 6.07) is 6.51. The summed E-state index contributed by atoms with van der Waals surface area (Å²) in [6.45, 7) is 8.50. The molecule has 0 saturated carbocycles. The third-order valence-electron chi connectivity index (χ3n) is 4.83. The van der Waals surface area contributed by atoms with E-state index >= 15 is 0 Å². The highest BCUT2D eigenvalue weighted by molar-refractivity contribution is 6.01. The summed E-state index contributed by atoms with van der Waals surface area (Å²) >= 11 is 0. The summed E-state index contributed by atoms with van der Waals surface area (Å²) in [7, 11) is 0. The Balaban J connectivity index is 1.91. The monoisotopic (exact) mass is 314 g/mol. The average molecular weight is 314 g/mol. The molecule has 1 fully saturated rings. The van der Waals surface area contributed by atoms with Crippen molar-refractivity contribution in [1.29, 1.82) is 0 Å². The molecule has 1 unspecified atom stereocenters. The Morgan fingerprint density at radius 2 is 2.22 bits per heavy atom. The number of hydrogen-bond donors (Lipinski definition) is 1. The lowest BCUT2D eigenvalue weighted by Gasteiger charge is -2.13. The number of carbonyl (C=O) groups is 1. The second-order valence-corrected chi connectivity index (χ2v) is 6.27. The highest BCUT2D eigenvalue weighted by Crippen LogP contribution is 2.27. The van der Waals surface area contributed by atoms with Crippen molar-refractivity contribution in [3.63, 3.8) is 0 Å². The molecule has 1 aliphatic heterocycles. The van der Waals surface area contributed by atoms with Gasteiger partial charge in [-0.05, 0) is 56.4 Å². The average Bonchev–Trinajstić information content (AvgIpc) is 3.18. The van der Waals surface area contributed by atoms with Gasteiger partial charge in [0, 0.05) is 30.6 Å². The lowest BCUT2D eigenvalue weighted by Crippen LogP contribution is -2.33. The Morgan fingerprint density at radius 3 is 2.87 bits per heavy atom. The maximum atomic E-state index is 12.7. The van der Waals surface area contributed by atoms with Gasteiger partial charge in [0.25, 0.3) is 5.91 Å². The van der Waals surface area contributed by atoms with E-state index in [1.54, 1.807) is 0 Å². The van der Waals surface area contributed by atoms with Gasteiger partial charge < -0.3 is 14.6 Å². The molecular weight excluding hydrogens is 288 g/mol. The first-order valence-electron chi connectivity index (χ1n) is 8.67. The molecule has 1 aromatic carbocycles. The smallest absolute Gasteiger partial charge is 0.268 e. The summed E-state index contributed by atoms with van der Waals surface area (Å²) in [6.07, 6.45) is 3.31.